The number of nitrogens with zero attached hydrogens (tertiary/aromatic N) is 4. The van der Waals surface area contributed by atoms with Crippen molar-refractivity contribution in [3.8, 4) is 0 Å². The van der Waals surface area contributed by atoms with Crippen LogP contribution in [0.25, 0.3) is 11.1 Å². The van der Waals surface area contributed by atoms with Crippen molar-refractivity contribution in [1.82, 2.24) is 25.1 Å². The smallest absolute Gasteiger partial charge is 0.414 e. The van der Waals surface area contributed by atoms with Crippen LogP contribution in [0.1, 0.15) is 73.5 Å². The summed E-state index contributed by atoms with van der Waals surface area (Å²) in [6, 6.07) is 42.5. The molecule has 6 heterocycles. The maximum absolute atomic E-state index is 14.0. The number of hydrogen-bond acceptors (Lipinski definition) is 18. The van der Waals surface area contributed by atoms with E-state index in [9.17, 15) is 50.4 Å². The maximum Gasteiger partial charge on any atom is 0.414 e. The Morgan fingerprint density at radius 2 is 0.875 bits per heavy atom. The number of fused-ring (bicyclic) bond motifs is 2. The summed E-state index contributed by atoms with van der Waals surface area (Å²) in [5.74, 6) is -4.54. The molecular formula is C61H57Cl3N6O16S2. The third-order valence-electron chi connectivity index (χ3n) is 15.0. The van der Waals surface area contributed by atoms with Gasteiger partial charge in [-0.1, -0.05) is 168 Å². The van der Waals surface area contributed by atoms with E-state index in [2.05, 4.69) is 9.97 Å². The SMILES string of the molecule is CC1(C)[C@H](C(=O)OC(c2ccccc2)c2ccccc2)N2C(=O)/C(=C(\COC(=O)NC(=O)C(Cl)(Cl)Cl)c3ccccn3)[C@H]2S1(=O)=O.CC1(C)[C@H](C(=O)OC(c2ccccc2)c2ccccc2)N2C(=O)/C(=C(\COC(N)=O)c3ccccn3)[C@H]2S1(=O)=O.CO. The number of aromatic nitrogens is 2. The Hall–Kier alpha value is -8.52. The number of amides is 5. The highest BCUT2D eigenvalue weighted by Crippen LogP contribution is 2.53. The van der Waals surface area contributed by atoms with Crippen molar-refractivity contribution in [2.45, 2.75) is 76.0 Å². The van der Waals surface area contributed by atoms with Crippen LogP contribution in [0.4, 0.5) is 9.59 Å². The molecule has 0 spiro atoms. The fourth-order valence-corrected chi connectivity index (χ4v) is 15.0. The van der Waals surface area contributed by atoms with Gasteiger partial charge >= 0.3 is 24.1 Å². The first-order valence-corrected chi connectivity index (χ1v) is 30.9. The molecule has 5 amide bonds. The molecule has 2 aromatic heterocycles. The topological polar surface area (TPSA) is 315 Å². The highest BCUT2D eigenvalue weighted by atomic mass is 35.6. The van der Waals surface area contributed by atoms with Gasteiger partial charge < -0.3 is 39.6 Å². The summed E-state index contributed by atoms with van der Waals surface area (Å²) in [6.45, 7) is 4.35. The molecule has 10 rings (SSSR count). The fourth-order valence-electron chi connectivity index (χ4n) is 10.5. The van der Waals surface area contributed by atoms with Crippen LogP contribution < -0.4 is 11.1 Å². The summed E-state index contributed by atoms with van der Waals surface area (Å²) in [5, 5.41) is 5.71. The van der Waals surface area contributed by atoms with Crippen molar-refractivity contribution < 1.29 is 74.5 Å². The van der Waals surface area contributed by atoms with E-state index in [0.29, 0.717) is 22.3 Å². The van der Waals surface area contributed by atoms with Crippen LogP contribution in [-0.2, 0) is 62.6 Å². The van der Waals surface area contributed by atoms with Gasteiger partial charge in [0.05, 0.1) is 22.5 Å². The van der Waals surface area contributed by atoms with E-state index in [1.807, 2.05) is 48.5 Å². The number of β-lactam (4-membered cyclic amide) rings is 2. The summed E-state index contributed by atoms with van der Waals surface area (Å²) >= 11 is 16.5. The molecule has 4 aliphatic heterocycles. The number of sulfone groups is 2. The minimum absolute atomic E-state index is 0.0526. The number of aliphatic hydroxyl groups is 1. The van der Waals surface area contributed by atoms with Gasteiger partial charge in [0.15, 0.2) is 54.7 Å². The standard InChI is InChI=1S/C31H26Cl3N3O8S.C29H27N3O7S.CH4O/c1-30(2)24(27(39)45-23(18-11-5-3-6-12-18)19-13-7-4-8-14-19)37-25(38)22(26(37)46(30,42)43)20(21-15-9-10-16-35-21)17-44-29(41)36-28(40)31(32,33)34;1-29(2)24(27(34)39-23(18-11-5-3-6-12-18)19-13-7-4-8-14-19)32-25(33)22(26(32)40(29,36)37)20(17-38-28(30)35)21-15-9-10-16-31-21;1-2/h3-16,23-24,26H,17H2,1-2H3,(H,36,40,41);3-16,23-24,26H,17H2,1-2H3,(H2,30,35);2H,1H3/b2*22-20-;/t2*24-,26+;/m00./s1. The molecule has 0 saturated carbocycles. The van der Waals surface area contributed by atoms with Crippen molar-refractivity contribution in [2.75, 3.05) is 20.3 Å². The Kier molecular flexibility index (Phi) is 19.7. The van der Waals surface area contributed by atoms with E-state index in [-0.39, 0.29) is 33.7 Å². The normalized spacial score (nSPS) is 20.8. The van der Waals surface area contributed by atoms with E-state index >= 15 is 0 Å². The van der Waals surface area contributed by atoms with Crippen molar-refractivity contribution >= 4 is 107 Å². The number of nitrogens with two attached hydrogens (primary N) is 1. The average Bonchev–Trinajstić information content (AvgIpc) is 1.52. The Morgan fingerprint density at radius 1 is 0.557 bits per heavy atom. The lowest BCUT2D eigenvalue weighted by Gasteiger charge is -2.40. The van der Waals surface area contributed by atoms with Crippen molar-refractivity contribution in [2.24, 2.45) is 5.73 Å². The zero-order valence-electron chi connectivity index (χ0n) is 47.4. The molecule has 27 heteroatoms. The van der Waals surface area contributed by atoms with Gasteiger partial charge in [0.2, 0.25) is 0 Å². The van der Waals surface area contributed by atoms with Gasteiger partial charge in [-0.2, -0.15) is 0 Å². The van der Waals surface area contributed by atoms with Crippen LogP contribution in [0, 0.1) is 0 Å². The summed E-state index contributed by atoms with van der Waals surface area (Å²) < 4.78 is 71.9. The van der Waals surface area contributed by atoms with Gasteiger partial charge in [0.25, 0.3) is 21.5 Å². The molecule has 4 fully saturated rings. The van der Waals surface area contributed by atoms with Crippen LogP contribution in [0.3, 0.4) is 0 Å². The predicted molar refractivity (Wildman–Crippen MR) is 322 cm³/mol. The number of halogens is 3. The molecule has 4 aliphatic rings. The lowest BCUT2D eigenvalue weighted by atomic mass is 9.91. The molecule has 6 aromatic rings. The lowest BCUT2D eigenvalue weighted by Crippen LogP contribution is -2.59. The molecule has 460 valence electrons. The number of alkyl halides is 3. The number of hydrogen-bond donors (Lipinski definition) is 3. The molecule has 0 radical (unpaired) electrons. The molecule has 4 N–H and O–H groups in total. The molecule has 0 aliphatic carbocycles. The molecule has 22 nitrogen and oxygen atoms in total. The van der Waals surface area contributed by atoms with Crippen molar-refractivity contribution in [3.05, 3.63) is 215 Å². The highest BCUT2D eigenvalue weighted by molar-refractivity contribution is 7.94. The summed E-state index contributed by atoms with van der Waals surface area (Å²) in [6.07, 6.45) is -1.28. The molecule has 0 unspecified atom stereocenters. The number of benzene rings is 4. The van der Waals surface area contributed by atoms with E-state index in [0.717, 1.165) is 16.9 Å². The van der Waals surface area contributed by atoms with E-state index in [1.165, 1.54) is 46.2 Å². The Labute approximate surface area is 521 Å². The molecule has 0 bridgehead atoms. The zero-order valence-corrected chi connectivity index (χ0v) is 51.3. The van der Waals surface area contributed by atoms with Crippen LogP contribution in [0.2, 0.25) is 0 Å². The number of pyridine rings is 2. The van der Waals surface area contributed by atoms with E-state index in [4.69, 9.17) is 64.6 Å². The highest BCUT2D eigenvalue weighted by Gasteiger charge is 2.73. The number of esters is 2. The molecular weight excluding hydrogens is 1240 g/mol. The molecule has 4 atom stereocenters. The lowest BCUT2D eigenvalue weighted by molar-refractivity contribution is -0.160. The summed E-state index contributed by atoms with van der Waals surface area (Å²) in [4.78, 5) is 101. The van der Waals surface area contributed by atoms with Crippen molar-refractivity contribution in [3.63, 3.8) is 0 Å². The third-order valence-corrected chi connectivity index (χ3v) is 21.0. The first-order chi connectivity index (χ1) is 41.7. The van der Waals surface area contributed by atoms with Crippen LogP contribution in [0.15, 0.2) is 181 Å². The minimum Gasteiger partial charge on any atom is -0.451 e. The quantitative estimate of drug-likeness (QED) is 0.0320. The minimum atomic E-state index is -4.28. The Morgan fingerprint density at radius 3 is 1.17 bits per heavy atom. The van der Waals surface area contributed by atoms with Crippen molar-refractivity contribution in [1.29, 1.82) is 0 Å². The number of carbonyl (C=O) groups is 7. The second kappa shape index (κ2) is 26.4. The zero-order chi connectivity index (χ0) is 64.1. The van der Waals surface area contributed by atoms with Gasteiger partial charge in [-0.3, -0.25) is 29.7 Å². The number of primary amides is 1. The Bertz CT molecular complexity index is 3840. The van der Waals surface area contributed by atoms with E-state index in [1.54, 1.807) is 108 Å². The van der Waals surface area contributed by atoms with Gasteiger partial charge in [-0.05, 0) is 74.2 Å². The first kappa shape index (κ1) is 65.5. The summed E-state index contributed by atoms with van der Waals surface area (Å²) in [7, 11) is -7.43. The molecule has 88 heavy (non-hydrogen) atoms. The second-order valence-electron chi connectivity index (χ2n) is 20.9. The number of aliphatic hydroxyl groups excluding tert-OH is 1. The number of rotatable bonds is 14. The monoisotopic (exact) mass is 1300 g/mol. The Balaban J connectivity index is 0.000000224. The molecule has 4 saturated heterocycles. The maximum atomic E-state index is 14.0. The average molecular weight is 1300 g/mol. The number of alkyl carbamates (subject to hydrolysis) is 1. The van der Waals surface area contributed by atoms with Crippen LogP contribution in [-0.4, -0.2) is 140 Å². The number of nitrogens with one attached hydrogen (secondary N) is 1. The fraction of sp³-hybridized carbons (Fsp3) is 0.262. The van der Waals surface area contributed by atoms with E-state index < -0.39 is 123 Å². The van der Waals surface area contributed by atoms with Gasteiger partial charge in [-0.25, -0.2) is 36.0 Å². The third kappa shape index (κ3) is 12.6. The second-order valence-corrected chi connectivity index (χ2v) is 28.3. The van der Waals surface area contributed by atoms with Crippen LogP contribution in [0.5, 0.6) is 0 Å². The predicted octanol–water partition coefficient (Wildman–Crippen LogP) is 7.15. The van der Waals surface area contributed by atoms with Crippen LogP contribution >= 0.6 is 34.8 Å². The number of carbonyl (C=O) groups excluding carboxylic acids is 7. The largest absolute Gasteiger partial charge is 0.451 e. The molecule has 4 aromatic carbocycles. The first-order valence-electron chi connectivity index (χ1n) is 26.7. The van der Waals surface area contributed by atoms with Gasteiger partial charge in [0.1, 0.15) is 22.7 Å². The van der Waals surface area contributed by atoms with Gasteiger partial charge in [-0.15, -0.1) is 0 Å². The number of imide groups is 1. The van der Waals surface area contributed by atoms with Gasteiger partial charge in [0, 0.05) is 30.6 Å². The number of ether oxygens (including phenoxy) is 4. The summed E-state index contributed by atoms with van der Waals surface area (Å²) in [5.41, 5.74) is 7.87.